The lowest BCUT2D eigenvalue weighted by Gasteiger charge is -2.26. The molecule has 0 saturated heterocycles. The summed E-state index contributed by atoms with van der Waals surface area (Å²) < 4.78 is 0. The van der Waals surface area contributed by atoms with Crippen LogP contribution in [0.4, 0.5) is 0 Å². The van der Waals surface area contributed by atoms with Crippen molar-refractivity contribution in [3.63, 3.8) is 0 Å². The first-order valence-electron chi connectivity index (χ1n) is 2.28. The molecular formula is C5H8O2. The van der Waals surface area contributed by atoms with E-state index in [-0.39, 0.29) is 6.61 Å². The van der Waals surface area contributed by atoms with Crippen LogP contribution in [0.25, 0.3) is 0 Å². The second kappa shape index (κ2) is 1.32. The Bertz CT molecular complexity index is 98.3. The Labute approximate surface area is 42.1 Å². The molecule has 0 amide bonds. The standard InChI is InChI=1S/C5H8O2/c6-4-5(7)2-1-3-5/h1-2,6-7H,3-4H2. The molecule has 0 aliphatic heterocycles. The van der Waals surface area contributed by atoms with Gasteiger partial charge in [-0.05, 0) is 0 Å². The van der Waals surface area contributed by atoms with Crippen LogP contribution in [-0.2, 0) is 0 Å². The van der Waals surface area contributed by atoms with Crippen LogP contribution in [0.5, 0.6) is 0 Å². The molecule has 1 atom stereocenters. The summed E-state index contributed by atoms with van der Waals surface area (Å²) >= 11 is 0. The summed E-state index contributed by atoms with van der Waals surface area (Å²) in [5, 5.41) is 17.2. The van der Waals surface area contributed by atoms with Crippen LogP contribution in [0, 0.1) is 0 Å². The third-order valence-corrected chi connectivity index (χ3v) is 1.17. The van der Waals surface area contributed by atoms with Crippen LogP contribution in [0.15, 0.2) is 12.2 Å². The Balaban J connectivity index is 2.47. The average molecular weight is 100 g/mol. The fourth-order valence-corrected chi connectivity index (χ4v) is 0.507. The van der Waals surface area contributed by atoms with Gasteiger partial charge in [0, 0.05) is 6.42 Å². The predicted molar refractivity (Wildman–Crippen MR) is 25.8 cm³/mol. The number of hydrogen-bond donors (Lipinski definition) is 2. The molecule has 0 aromatic heterocycles. The van der Waals surface area contributed by atoms with E-state index in [1.54, 1.807) is 6.08 Å². The van der Waals surface area contributed by atoms with Gasteiger partial charge in [0.2, 0.25) is 0 Å². The van der Waals surface area contributed by atoms with E-state index in [4.69, 9.17) is 10.2 Å². The van der Waals surface area contributed by atoms with Crippen LogP contribution >= 0.6 is 0 Å². The number of hydrogen-bond acceptors (Lipinski definition) is 2. The molecule has 1 rings (SSSR count). The second-order valence-corrected chi connectivity index (χ2v) is 1.87. The van der Waals surface area contributed by atoms with Gasteiger partial charge in [-0.3, -0.25) is 0 Å². The van der Waals surface area contributed by atoms with E-state index in [9.17, 15) is 0 Å². The van der Waals surface area contributed by atoms with Crippen LogP contribution in [0.3, 0.4) is 0 Å². The molecular weight excluding hydrogens is 92.1 g/mol. The lowest BCUT2D eigenvalue weighted by atomic mass is 9.91. The molecule has 0 heterocycles. The van der Waals surface area contributed by atoms with Gasteiger partial charge in [-0.2, -0.15) is 0 Å². The zero-order valence-electron chi connectivity index (χ0n) is 3.96. The molecule has 0 bridgehead atoms. The highest BCUT2D eigenvalue weighted by Gasteiger charge is 2.26. The van der Waals surface area contributed by atoms with E-state index in [1.165, 1.54) is 0 Å². The lowest BCUT2D eigenvalue weighted by molar-refractivity contribution is 0.0164. The largest absolute Gasteiger partial charge is 0.393 e. The number of aliphatic hydroxyl groups excluding tert-OH is 1. The minimum Gasteiger partial charge on any atom is -0.393 e. The molecule has 2 nitrogen and oxygen atoms in total. The van der Waals surface area contributed by atoms with Gasteiger partial charge in [0.15, 0.2) is 0 Å². The second-order valence-electron chi connectivity index (χ2n) is 1.87. The quantitative estimate of drug-likeness (QED) is 0.443. The van der Waals surface area contributed by atoms with E-state index in [0.717, 1.165) is 0 Å². The Morgan fingerprint density at radius 3 is 2.29 bits per heavy atom. The van der Waals surface area contributed by atoms with Gasteiger partial charge in [-0.15, -0.1) is 0 Å². The minimum absolute atomic E-state index is 0.149. The summed E-state index contributed by atoms with van der Waals surface area (Å²) in [6.45, 7) is -0.149. The fourth-order valence-electron chi connectivity index (χ4n) is 0.507. The van der Waals surface area contributed by atoms with Gasteiger partial charge < -0.3 is 10.2 Å². The fraction of sp³-hybridized carbons (Fsp3) is 0.600. The van der Waals surface area contributed by atoms with Crippen molar-refractivity contribution < 1.29 is 10.2 Å². The molecule has 0 aromatic rings. The van der Waals surface area contributed by atoms with Gasteiger partial charge in [0.1, 0.15) is 5.60 Å². The smallest absolute Gasteiger partial charge is 0.109 e. The number of aliphatic hydroxyl groups is 2. The molecule has 7 heavy (non-hydrogen) atoms. The van der Waals surface area contributed by atoms with Crippen molar-refractivity contribution in [2.75, 3.05) is 6.61 Å². The van der Waals surface area contributed by atoms with Crippen LogP contribution in [0.1, 0.15) is 6.42 Å². The molecule has 0 fully saturated rings. The third kappa shape index (κ3) is 0.667. The van der Waals surface area contributed by atoms with Gasteiger partial charge in [0.25, 0.3) is 0 Å². The summed E-state index contributed by atoms with van der Waals surface area (Å²) in [6, 6.07) is 0. The Morgan fingerprint density at radius 1 is 1.71 bits per heavy atom. The lowest BCUT2D eigenvalue weighted by Crippen LogP contribution is -2.34. The summed E-state index contributed by atoms with van der Waals surface area (Å²) in [5.41, 5.74) is -0.861. The monoisotopic (exact) mass is 100 g/mol. The minimum atomic E-state index is -0.861. The molecule has 0 radical (unpaired) electrons. The van der Waals surface area contributed by atoms with E-state index in [2.05, 4.69) is 0 Å². The molecule has 1 aliphatic carbocycles. The highest BCUT2D eigenvalue weighted by Crippen LogP contribution is 2.20. The Morgan fingerprint density at radius 2 is 2.29 bits per heavy atom. The van der Waals surface area contributed by atoms with Crippen LogP contribution in [-0.4, -0.2) is 22.4 Å². The van der Waals surface area contributed by atoms with Crippen molar-refractivity contribution in [3.05, 3.63) is 12.2 Å². The zero-order chi connectivity index (χ0) is 5.33. The van der Waals surface area contributed by atoms with Crippen molar-refractivity contribution >= 4 is 0 Å². The molecule has 0 spiro atoms. The Hall–Kier alpha value is -0.340. The van der Waals surface area contributed by atoms with Gasteiger partial charge in [-0.25, -0.2) is 0 Å². The first-order chi connectivity index (χ1) is 3.27. The molecule has 0 saturated carbocycles. The van der Waals surface area contributed by atoms with Crippen LogP contribution < -0.4 is 0 Å². The van der Waals surface area contributed by atoms with Crippen molar-refractivity contribution in [2.45, 2.75) is 12.0 Å². The average Bonchev–Trinajstić information content (AvgIpc) is 1.61. The van der Waals surface area contributed by atoms with Crippen LogP contribution in [0.2, 0.25) is 0 Å². The molecule has 40 valence electrons. The van der Waals surface area contributed by atoms with E-state index in [0.29, 0.717) is 6.42 Å². The predicted octanol–water partition coefficient (Wildman–Crippen LogP) is -0.330. The molecule has 0 aromatic carbocycles. The normalized spacial score (nSPS) is 38.0. The summed E-state index contributed by atoms with van der Waals surface area (Å²) in [6.07, 6.45) is 4.03. The molecule has 1 aliphatic rings. The van der Waals surface area contributed by atoms with Gasteiger partial charge in [-0.1, -0.05) is 12.2 Å². The molecule has 1 unspecified atom stereocenters. The summed E-state index contributed by atoms with van der Waals surface area (Å²) in [7, 11) is 0. The van der Waals surface area contributed by atoms with Crippen molar-refractivity contribution in [1.82, 2.24) is 0 Å². The molecule has 2 N–H and O–H groups in total. The first kappa shape index (κ1) is 4.81. The summed E-state index contributed by atoms with van der Waals surface area (Å²) in [4.78, 5) is 0. The van der Waals surface area contributed by atoms with Gasteiger partial charge in [0.05, 0.1) is 6.61 Å². The van der Waals surface area contributed by atoms with Crippen molar-refractivity contribution in [3.8, 4) is 0 Å². The highest BCUT2D eigenvalue weighted by atomic mass is 16.3. The Kier molecular flexibility index (Phi) is 0.905. The van der Waals surface area contributed by atoms with Crippen molar-refractivity contribution in [2.24, 2.45) is 0 Å². The topological polar surface area (TPSA) is 40.5 Å². The molecule has 2 heteroatoms. The maximum atomic E-state index is 8.88. The highest BCUT2D eigenvalue weighted by molar-refractivity contribution is 5.14. The van der Waals surface area contributed by atoms with E-state index in [1.807, 2.05) is 6.08 Å². The van der Waals surface area contributed by atoms with Gasteiger partial charge >= 0.3 is 0 Å². The summed E-state index contributed by atoms with van der Waals surface area (Å²) in [5.74, 6) is 0. The van der Waals surface area contributed by atoms with E-state index < -0.39 is 5.60 Å². The maximum absolute atomic E-state index is 8.88. The number of rotatable bonds is 1. The third-order valence-electron chi connectivity index (χ3n) is 1.17. The maximum Gasteiger partial charge on any atom is 0.109 e. The van der Waals surface area contributed by atoms with E-state index >= 15 is 0 Å². The first-order valence-corrected chi connectivity index (χ1v) is 2.28. The SMILES string of the molecule is OCC1(O)C=CC1. The van der Waals surface area contributed by atoms with Crippen molar-refractivity contribution in [1.29, 1.82) is 0 Å². The zero-order valence-corrected chi connectivity index (χ0v) is 3.96.